The summed E-state index contributed by atoms with van der Waals surface area (Å²) in [7, 11) is -10.1. The Bertz CT molecular complexity index is 301. The van der Waals surface area contributed by atoms with E-state index < -0.39 is 15.6 Å². The average molecular weight is 589 g/mol. The molecule has 0 aromatic heterocycles. The maximum absolute atomic E-state index is 9.63. The minimum Gasteiger partial charge on any atom is -0.676 e. The molecule has 1 aliphatic carbocycles. The minimum atomic E-state index is -5.05. The van der Waals surface area contributed by atoms with Gasteiger partial charge in [0.25, 0.3) is 0 Å². The zero-order chi connectivity index (χ0) is 13.7. The normalized spacial score (nSPS) is 20.1. The van der Waals surface area contributed by atoms with Gasteiger partial charge >= 0.3 is 36.7 Å². The Kier molecular flexibility index (Phi) is 30.6. The molecule has 144 valence electrons. The maximum Gasteiger partial charge on any atom is 2.00 e. The van der Waals surface area contributed by atoms with Gasteiger partial charge in [0, 0.05) is 0 Å². The number of rotatable bonds is 2. The third-order valence-electron chi connectivity index (χ3n) is 1.98. The largest absolute Gasteiger partial charge is 2.00 e. The molecule has 0 saturated heterocycles. The molecule has 1 aliphatic rings. The number of nitrogens with one attached hydrogen (secondary N) is 2. The molecule has 10 N–H and O–H groups in total. The van der Waals surface area contributed by atoms with Crippen molar-refractivity contribution in [3.05, 3.63) is 11.5 Å². The van der Waals surface area contributed by atoms with Crippen LogP contribution in [0.2, 0.25) is 0 Å². The summed E-state index contributed by atoms with van der Waals surface area (Å²) in [5, 5.41) is 0. The molecule has 0 aliphatic heterocycles. The van der Waals surface area contributed by atoms with Crippen LogP contribution in [0.1, 0.15) is 25.7 Å². The predicted octanol–water partition coefficient (Wildman–Crippen LogP) is 0.164. The van der Waals surface area contributed by atoms with Gasteiger partial charge < -0.3 is 42.0 Å². The molecule has 11 nitrogen and oxygen atoms in total. The van der Waals surface area contributed by atoms with Crippen LogP contribution in [0.5, 0.6) is 0 Å². The molecule has 0 amide bonds. The summed E-state index contributed by atoms with van der Waals surface area (Å²) in [4.78, 5) is 31.0. The van der Waals surface area contributed by atoms with Crippen LogP contribution in [0.3, 0.4) is 0 Å². The van der Waals surface area contributed by atoms with Crippen molar-refractivity contribution in [2.75, 3.05) is 0 Å². The molecule has 0 radical (unpaired) electrons. The van der Waals surface area contributed by atoms with Gasteiger partial charge in [-0.3, -0.25) is 0 Å². The number of hydrogen-bond acceptors (Lipinski definition) is 3. The summed E-state index contributed by atoms with van der Waals surface area (Å²) in [6.07, 6.45) is 4.25. The van der Waals surface area contributed by atoms with Crippen LogP contribution in [0.4, 0.5) is 0 Å². The van der Waals surface area contributed by atoms with Crippen LogP contribution in [-0.4, -0.2) is 42.6 Å². The summed E-state index contributed by atoms with van der Waals surface area (Å²) in [6, 6.07) is -0.160. The van der Waals surface area contributed by atoms with Crippen LogP contribution in [-0.2, 0) is 34.5 Å². The fraction of sp³-hybridized carbons (Fsp3) is 1.00. The molecular weight excluding hydrogens is 565 g/mol. The standard InChI is InChI=1S/C6H12N2.H4O7P2.2H2O.Pt.2H2S/c7-5-3-1-2-4-6(5)8;1-8(2,3)7-9(4,5)6;;;;;/h5-8H,1-4H2;(H2,1,2,3)(H2,4,5,6);2*1H2;;2*1H2/q-2;;;;+2;;/t5-,6-;;;;;;/m0....../s1. The molecular formula is C6H24N2O9P2PtS2. The molecule has 22 heavy (non-hydrogen) atoms. The van der Waals surface area contributed by atoms with Crippen LogP contribution in [0, 0.1) is 0 Å². The Morgan fingerprint density at radius 3 is 1.14 bits per heavy atom. The quantitative estimate of drug-likeness (QED) is 0.325. The van der Waals surface area contributed by atoms with E-state index in [-0.39, 0.29) is 71.1 Å². The Morgan fingerprint density at radius 2 is 1.05 bits per heavy atom. The molecule has 1 saturated carbocycles. The first kappa shape index (κ1) is 38.8. The summed E-state index contributed by atoms with van der Waals surface area (Å²) < 4.78 is 22.2. The van der Waals surface area contributed by atoms with Gasteiger partial charge in [-0.2, -0.15) is 43.4 Å². The summed E-state index contributed by atoms with van der Waals surface area (Å²) >= 11 is 0. The number of phosphoric acid groups is 2. The van der Waals surface area contributed by atoms with Gasteiger partial charge in [-0.25, -0.2) is 9.13 Å². The minimum absolute atomic E-state index is 0. The summed E-state index contributed by atoms with van der Waals surface area (Å²) in [5.74, 6) is 0. The molecule has 0 unspecified atom stereocenters. The Morgan fingerprint density at radius 1 is 0.818 bits per heavy atom. The molecule has 0 aromatic carbocycles. The van der Waals surface area contributed by atoms with Crippen molar-refractivity contribution in [3.63, 3.8) is 0 Å². The fourth-order valence-electron chi connectivity index (χ4n) is 1.27. The molecule has 16 heteroatoms. The van der Waals surface area contributed by atoms with Crippen LogP contribution >= 0.6 is 42.6 Å². The van der Waals surface area contributed by atoms with Crippen molar-refractivity contribution in [1.29, 1.82) is 0 Å². The predicted molar refractivity (Wildman–Crippen MR) is 87.9 cm³/mol. The van der Waals surface area contributed by atoms with Crippen molar-refractivity contribution in [1.82, 2.24) is 0 Å². The van der Waals surface area contributed by atoms with Crippen molar-refractivity contribution in [2.45, 2.75) is 37.8 Å². The fourth-order valence-corrected chi connectivity index (χ4v) is 2.38. The van der Waals surface area contributed by atoms with Crippen LogP contribution in [0.15, 0.2) is 0 Å². The molecule has 0 spiro atoms. The van der Waals surface area contributed by atoms with E-state index in [1.807, 2.05) is 0 Å². The van der Waals surface area contributed by atoms with E-state index in [2.05, 4.69) is 4.31 Å². The Hall–Kier alpha value is 1.49. The third kappa shape index (κ3) is 26.4. The first-order valence-corrected chi connectivity index (χ1v) is 7.82. The van der Waals surface area contributed by atoms with Gasteiger partial charge in [0.15, 0.2) is 0 Å². The summed E-state index contributed by atoms with van der Waals surface area (Å²) in [5.41, 5.74) is 14.6. The first-order chi connectivity index (χ1) is 7.51. The van der Waals surface area contributed by atoms with Crippen molar-refractivity contribution >= 4 is 42.6 Å². The SMILES string of the molecule is O.O.O=P(O)(O)OP(=O)(O)O.S.S.[NH-][C@H]1CCCC[C@@H]1[NH-].[Pt+2]. The molecule has 0 heterocycles. The van der Waals surface area contributed by atoms with Gasteiger partial charge in [-0.1, -0.05) is 25.7 Å². The van der Waals surface area contributed by atoms with E-state index in [4.69, 9.17) is 31.0 Å². The van der Waals surface area contributed by atoms with Crippen molar-refractivity contribution in [2.24, 2.45) is 0 Å². The van der Waals surface area contributed by atoms with E-state index in [1.54, 1.807) is 0 Å². The van der Waals surface area contributed by atoms with E-state index in [0.29, 0.717) is 0 Å². The Labute approximate surface area is 156 Å². The third-order valence-corrected chi connectivity index (χ3v) is 3.68. The van der Waals surface area contributed by atoms with E-state index in [0.717, 1.165) is 12.8 Å². The van der Waals surface area contributed by atoms with Crippen molar-refractivity contribution in [3.8, 4) is 0 Å². The number of hydrogen-bond donors (Lipinski definition) is 4. The van der Waals surface area contributed by atoms with E-state index in [9.17, 15) is 9.13 Å². The topological polar surface area (TPSA) is 235 Å². The van der Waals surface area contributed by atoms with Crippen LogP contribution < -0.4 is 0 Å². The smallest absolute Gasteiger partial charge is 0.676 e. The molecule has 1 rings (SSSR count). The molecule has 1 fully saturated rings. The zero-order valence-corrected chi connectivity index (χ0v) is 17.3. The van der Waals surface area contributed by atoms with Crippen LogP contribution in [0.25, 0.3) is 11.5 Å². The maximum atomic E-state index is 9.63. The van der Waals surface area contributed by atoms with E-state index in [1.165, 1.54) is 12.8 Å². The van der Waals surface area contributed by atoms with Crippen molar-refractivity contribution < 1.29 is 65.0 Å². The first-order valence-electron chi connectivity index (χ1n) is 4.76. The van der Waals surface area contributed by atoms with Gasteiger partial charge in [0.2, 0.25) is 0 Å². The molecule has 0 bridgehead atoms. The van der Waals surface area contributed by atoms with Gasteiger partial charge in [-0.05, 0) is 0 Å². The molecule has 2 atom stereocenters. The van der Waals surface area contributed by atoms with Gasteiger partial charge in [0.1, 0.15) is 0 Å². The summed E-state index contributed by atoms with van der Waals surface area (Å²) in [6.45, 7) is 0. The average Bonchev–Trinajstić information content (AvgIpc) is 2.04. The second kappa shape index (κ2) is 17.3. The van der Waals surface area contributed by atoms with Gasteiger partial charge in [-0.15, -0.1) is 0 Å². The monoisotopic (exact) mass is 589 g/mol. The second-order valence-electron chi connectivity index (χ2n) is 3.56. The Balaban J connectivity index is -0.0000000475. The second-order valence-corrected chi connectivity index (χ2v) is 6.18. The zero-order valence-electron chi connectivity index (χ0n) is 11.2. The van der Waals surface area contributed by atoms with Gasteiger partial charge in [0.05, 0.1) is 0 Å². The molecule has 0 aromatic rings. The van der Waals surface area contributed by atoms with E-state index >= 15 is 0 Å².